The lowest BCUT2D eigenvalue weighted by Gasteiger charge is -2.11. The van der Waals surface area contributed by atoms with Gasteiger partial charge >= 0.3 is 0 Å². The predicted molar refractivity (Wildman–Crippen MR) is 135 cm³/mol. The predicted octanol–water partition coefficient (Wildman–Crippen LogP) is 4.58. The molecule has 1 amide bonds. The number of amides is 1. The molecule has 2 aromatic carbocycles. The number of hydrogen-bond acceptors (Lipinski definition) is 5. The van der Waals surface area contributed by atoms with Crippen molar-refractivity contribution in [2.45, 2.75) is 31.5 Å². The van der Waals surface area contributed by atoms with Crippen molar-refractivity contribution in [3.05, 3.63) is 90.0 Å². The lowest BCUT2D eigenvalue weighted by Crippen LogP contribution is -2.15. The third-order valence-electron chi connectivity index (χ3n) is 5.43. The minimum absolute atomic E-state index is 0.0873. The smallest absolute Gasteiger partial charge is 0.234 e. The van der Waals surface area contributed by atoms with E-state index < -0.39 is 0 Å². The Kier molecular flexibility index (Phi) is 8.04. The first-order chi connectivity index (χ1) is 16.6. The molecule has 0 unspecified atom stereocenters. The summed E-state index contributed by atoms with van der Waals surface area (Å²) in [4.78, 5) is 12.6. The van der Waals surface area contributed by atoms with Crippen LogP contribution >= 0.6 is 11.8 Å². The number of rotatable bonds is 11. The summed E-state index contributed by atoms with van der Waals surface area (Å²) in [5.74, 6) is 1.84. The fraction of sp³-hybridized carbons (Fsp3) is 0.269. The molecule has 0 bridgehead atoms. The minimum atomic E-state index is -0.0873. The van der Waals surface area contributed by atoms with Gasteiger partial charge in [0.25, 0.3) is 0 Å². The van der Waals surface area contributed by atoms with Gasteiger partial charge in [0.2, 0.25) is 5.91 Å². The molecule has 7 nitrogen and oxygen atoms in total. The van der Waals surface area contributed by atoms with Crippen LogP contribution in [0.2, 0.25) is 0 Å². The second kappa shape index (κ2) is 11.6. The SMILES string of the molecule is CCOc1ccc(NC(=O)CSc2nnc(Cc3cccn3C)n2CCc2ccccc2)cc1. The van der Waals surface area contributed by atoms with Gasteiger partial charge in [-0.05, 0) is 55.3 Å². The maximum absolute atomic E-state index is 12.6. The van der Waals surface area contributed by atoms with Crippen LogP contribution in [0.25, 0.3) is 0 Å². The Morgan fingerprint density at radius 1 is 1.03 bits per heavy atom. The number of aromatic nitrogens is 4. The number of benzene rings is 2. The molecule has 0 saturated heterocycles. The van der Waals surface area contributed by atoms with E-state index in [1.54, 1.807) is 0 Å². The third kappa shape index (κ3) is 6.29. The third-order valence-corrected chi connectivity index (χ3v) is 6.40. The zero-order chi connectivity index (χ0) is 23.8. The number of nitrogens with one attached hydrogen (secondary N) is 1. The van der Waals surface area contributed by atoms with E-state index in [1.807, 2.05) is 68.7 Å². The Bertz CT molecular complexity index is 1200. The number of carbonyl (C=O) groups excluding carboxylic acids is 1. The summed E-state index contributed by atoms with van der Waals surface area (Å²) >= 11 is 1.40. The molecule has 0 spiro atoms. The quantitative estimate of drug-likeness (QED) is 0.322. The highest BCUT2D eigenvalue weighted by molar-refractivity contribution is 7.99. The maximum atomic E-state index is 12.6. The molecular weight excluding hydrogens is 446 g/mol. The zero-order valence-electron chi connectivity index (χ0n) is 19.5. The van der Waals surface area contributed by atoms with E-state index in [4.69, 9.17) is 4.74 Å². The first-order valence-electron chi connectivity index (χ1n) is 11.3. The standard InChI is InChI=1S/C26H29N5O2S/c1-3-33-23-13-11-21(12-14-23)27-25(32)19-34-26-29-28-24(18-22-10-7-16-30(22)2)31(26)17-15-20-8-5-4-6-9-20/h4-14,16H,3,15,17-19H2,1-2H3,(H,27,32). The van der Waals surface area contributed by atoms with Gasteiger partial charge in [-0.25, -0.2) is 0 Å². The van der Waals surface area contributed by atoms with E-state index in [-0.39, 0.29) is 11.7 Å². The van der Waals surface area contributed by atoms with E-state index in [0.29, 0.717) is 13.0 Å². The van der Waals surface area contributed by atoms with Gasteiger partial charge in [0.1, 0.15) is 11.6 Å². The van der Waals surface area contributed by atoms with Crippen molar-refractivity contribution in [3.8, 4) is 5.75 Å². The molecule has 0 saturated carbocycles. The molecular formula is C26H29N5O2S. The molecule has 0 fully saturated rings. The van der Waals surface area contributed by atoms with E-state index in [1.165, 1.54) is 17.3 Å². The van der Waals surface area contributed by atoms with E-state index in [9.17, 15) is 4.79 Å². The van der Waals surface area contributed by atoms with Gasteiger partial charge < -0.3 is 19.2 Å². The van der Waals surface area contributed by atoms with Crippen molar-refractivity contribution in [1.82, 2.24) is 19.3 Å². The van der Waals surface area contributed by atoms with E-state index >= 15 is 0 Å². The molecule has 4 rings (SSSR count). The molecule has 176 valence electrons. The summed E-state index contributed by atoms with van der Waals surface area (Å²) in [5.41, 5.74) is 3.16. The Morgan fingerprint density at radius 3 is 2.53 bits per heavy atom. The molecule has 2 heterocycles. The Labute approximate surface area is 204 Å². The first-order valence-corrected chi connectivity index (χ1v) is 12.3. The number of thioether (sulfide) groups is 1. The summed E-state index contributed by atoms with van der Waals surface area (Å²) in [7, 11) is 2.03. The Balaban J connectivity index is 1.43. The maximum Gasteiger partial charge on any atom is 0.234 e. The van der Waals surface area contributed by atoms with E-state index in [0.717, 1.165) is 41.1 Å². The van der Waals surface area contributed by atoms with Crippen molar-refractivity contribution in [1.29, 1.82) is 0 Å². The van der Waals surface area contributed by atoms with Crippen LogP contribution in [0.1, 0.15) is 24.0 Å². The van der Waals surface area contributed by atoms with Crippen molar-refractivity contribution < 1.29 is 9.53 Å². The molecule has 8 heteroatoms. The highest BCUT2D eigenvalue weighted by Gasteiger charge is 2.16. The monoisotopic (exact) mass is 475 g/mol. The number of aryl methyl sites for hydroxylation is 2. The number of carbonyl (C=O) groups is 1. The summed E-state index contributed by atoms with van der Waals surface area (Å²) in [6, 6.07) is 21.9. The van der Waals surface area contributed by atoms with Crippen LogP contribution < -0.4 is 10.1 Å². The lowest BCUT2D eigenvalue weighted by molar-refractivity contribution is -0.113. The van der Waals surface area contributed by atoms with Crippen LogP contribution in [-0.2, 0) is 31.2 Å². The summed E-state index contributed by atoms with van der Waals surface area (Å²) in [6.07, 6.45) is 3.58. The van der Waals surface area contributed by atoms with Gasteiger partial charge in [0.15, 0.2) is 5.16 Å². The zero-order valence-corrected chi connectivity index (χ0v) is 20.3. The van der Waals surface area contributed by atoms with E-state index in [2.05, 4.69) is 42.8 Å². The molecule has 0 atom stereocenters. The van der Waals surface area contributed by atoms with Crippen molar-refractivity contribution in [2.24, 2.45) is 7.05 Å². The van der Waals surface area contributed by atoms with Gasteiger partial charge in [-0.2, -0.15) is 0 Å². The molecule has 0 radical (unpaired) electrons. The fourth-order valence-electron chi connectivity index (χ4n) is 3.64. The van der Waals surface area contributed by atoms with Crippen molar-refractivity contribution >= 4 is 23.4 Å². The number of ether oxygens (including phenoxy) is 1. The molecule has 0 aliphatic rings. The molecule has 34 heavy (non-hydrogen) atoms. The van der Waals surface area contributed by atoms with Crippen LogP contribution in [-0.4, -0.2) is 37.6 Å². The number of anilines is 1. The molecule has 4 aromatic rings. The largest absolute Gasteiger partial charge is 0.494 e. The molecule has 1 N–H and O–H groups in total. The van der Waals surface area contributed by atoms with Crippen LogP contribution in [0.4, 0.5) is 5.69 Å². The fourth-order valence-corrected chi connectivity index (χ4v) is 4.42. The summed E-state index contributed by atoms with van der Waals surface area (Å²) in [5, 5.41) is 12.6. The second-order valence-electron chi connectivity index (χ2n) is 7.87. The van der Waals surface area contributed by atoms with Gasteiger partial charge in [0.05, 0.1) is 12.4 Å². The van der Waals surface area contributed by atoms with Crippen LogP contribution in [0.3, 0.4) is 0 Å². The molecule has 2 aromatic heterocycles. The lowest BCUT2D eigenvalue weighted by atomic mass is 10.1. The van der Waals surface area contributed by atoms with Gasteiger partial charge in [-0.15, -0.1) is 10.2 Å². The molecule has 0 aliphatic heterocycles. The minimum Gasteiger partial charge on any atom is -0.494 e. The number of nitrogens with zero attached hydrogens (tertiary/aromatic N) is 4. The highest BCUT2D eigenvalue weighted by atomic mass is 32.2. The van der Waals surface area contributed by atoms with Crippen LogP contribution in [0.15, 0.2) is 78.1 Å². The van der Waals surface area contributed by atoms with Crippen molar-refractivity contribution in [2.75, 3.05) is 17.7 Å². The summed E-state index contributed by atoms with van der Waals surface area (Å²) < 4.78 is 9.67. The Hall–Kier alpha value is -3.52. The Morgan fingerprint density at radius 2 is 1.82 bits per heavy atom. The highest BCUT2D eigenvalue weighted by Crippen LogP contribution is 2.21. The van der Waals surface area contributed by atoms with Gasteiger partial charge in [0, 0.05) is 37.6 Å². The normalized spacial score (nSPS) is 10.9. The van der Waals surface area contributed by atoms with Crippen LogP contribution in [0.5, 0.6) is 5.75 Å². The van der Waals surface area contributed by atoms with Crippen LogP contribution in [0, 0.1) is 0 Å². The van der Waals surface area contributed by atoms with Gasteiger partial charge in [-0.3, -0.25) is 4.79 Å². The van der Waals surface area contributed by atoms with Gasteiger partial charge in [-0.1, -0.05) is 42.1 Å². The average molecular weight is 476 g/mol. The number of hydrogen-bond donors (Lipinski definition) is 1. The summed E-state index contributed by atoms with van der Waals surface area (Å²) in [6.45, 7) is 3.30. The second-order valence-corrected chi connectivity index (χ2v) is 8.81. The topological polar surface area (TPSA) is 74.0 Å². The first kappa shape index (κ1) is 23.6. The van der Waals surface area contributed by atoms with Crippen molar-refractivity contribution in [3.63, 3.8) is 0 Å². The molecule has 0 aliphatic carbocycles. The average Bonchev–Trinajstić information content (AvgIpc) is 3.44.